The third-order valence-electron chi connectivity index (χ3n) is 3.43. The summed E-state index contributed by atoms with van der Waals surface area (Å²) in [5.74, 6) is 0. The highest BCUT2D eigenvalue weighted by atomic mass is 79.9. The van der Waals surface area contributed by atoms with Crippen molar-refractivity contribution in [2.75, 3.05) is 31.2 Å². The lowest BCUT2D eigenvalue weighted by Crippen LogP contribution is -2.35. The number of halogens is 1. The Morgan fingerprint density at radius 3 is 2.75 bits per heavy atom. The molecule has 1 N–H and O–H groups in total. The molecule has 0 bridgehead atoms. The molecule has 0 spiro atoms. The van der Waals surface area contributed by atoms with Crippen LogP contribution in [0.1, 0.15) is 32.8 Å². The van der Waals surface area contributed by atoms with Gasteiger partial charge in [0.05, 0.1) is 6.61 Å². The minimum Gasteiger partial charge on any atom is -0.380 e. The summed E-state index contributed by atoms with van der Waals surface area (Å²) >= 11 is 3.70. The molecule has 1 aromatic carbocycles. The summed E-state index contributed by atoms with van der Waals surface area (Å²) in [7, 11) is 0. The van der Waals surface area contributed by atoms with Crippen LogP contribution in [-0.4, -0.2) is 31.8 Å². The van der Waals surface area contributed by atoms with Crippen molar-refractivity contribution in [1.29, 1.82) is 0 Å². The lowest BCUT2D eigenvalue weighted by molar-refractivity contribution is 0.152. The van der Waals surface area contributed by atoms with Crippen LogP contribution in [0.15, 0.2) is 22.7 Å². The Morgan fingerprint density at radius 2 is 2.05 bits per heavy atom. The van der Waals surface area contributed by atoms with E-state index in [1.807, 2.05) is 0 Å². The van der Waals surface area contributed by atoms with Crippen molar-refractivity contribution in [2.24, 2.45) is 0 Å². The molecule has 0 atom stereocenters. The van der Waals surface area contributed by atoms with Gasteiger partial charge in [-0.2, -0.15) is 0 Å². The summed E-state index contributed by atoms with van der Waals surface area (Å²) in [6, 6.07) is 6.66. The molecule has 3 nitrogen and oxygen atoms in total. The maximum absolute atomic E-state index is 5.51. The Morgan fingerprint density at radius 1 is 1.25 bits per heavy atom. The second kappa shape index (κ2) is 6.92. The first kappa shape index (κ1) is 15.8. The molecule has 0 radical (unpaired) electrons. The Labute approximate surface area is 130 Å². The highest BCUT2D eigenvalue weighted by molar-refractivity contribution is 9.10. The van der Waals surface area contributed by atoms with E-state index in [1.165, 1.54) is 15.7 Å². The van der Waals surface area contributed by atoms with E-state index < -0.39 is 0 Å². The number of nitrogens with zero attached hydrogens (tertiary/aromatic N) is 1. The summed E-state index contributed by atoms with van der Waals surface area (Å²) in [5, 5.41) is 3.52. The third kappa shape index (κ3) is 4.76. The summed E-state index contributed by atoms with van der Waals surface area (Å²) in [5.41, 5.74) is 2.72. The molecule has 1 fully saturated rings. The number of rotatable bonds is 3. The Kier molecular flexibility index (Phi) is 5.47. The first-order valence-electron chi connectivity index (χ1n) is 7.32. The van der Waals surface area contributed by atoms with Crippen LogP contribution in [-0.2, 0) is 11.3 Å². The van der Waals surface area contributed by atoms with Crippen LogP contribution < -0.4 is 10.2 Å². The summed E-state index contributed by atoms with van der Waals surface area (Å²) in [4.78, 5) is 2.40. The Balaban J connectivity index is 2.04. The van der Waals surface area contributed by atoms with E-state index in [0.717, 1.165) is 39.3 Å². The topological polar surface area (TPSA) is 24.5 Å². The van der Waals surface area contributed by atoms with Gasteiger partial charge >= 0.3 is 0 Å². The largest absolute Gasteiger partial charge is 0.380 e. The highest BCUT2D eigenvalue weighted by Gasteiger charge is 2.13. The van der Waals surface area contributed by atoms with Crippen LogP contribution >= 0.6 is 15.9 Å². The number of benzene rings is 1. The van der Waals surface area contributed by atoms with Gasteiger partial charge in [-0.1, -0.05) is 22.0 Å². The van der Waals surface area contributed by atoms with Crippen LogP contribution in [0.2, 0.25) is 0 Å². The average Bonchev–Trinajstić information content (AvgIpc) is 2.65. The monoisotopic (exact) mass is 340 g/mol. The number of ether oxygens (including phenoxy) is 1. The molecule has 0 unspecified atom stereocenters. The zero-order chi connectivity index (χ0) is 14.6. The van der Waals surface area contributed by atoms with Gasteiger partial charge in [0.2, 0.25) is 0 Å². The van der Waals surface area contributed by atoms with Crippen molar-refractivity contribution in [3.8, 4) is 0 Å². The van der Waals surface area contributed by atoms with Gasteiger partial charge in [0, 0.05) is 41.9 Å². The fourth-order valence-electron chi connectivity index (χ4n) is 2.24. The van der Waals surface area contributed by atoms with E-state index >= 15 is 0 Å². The van der Waals surface area contributed by atoms with Gasteiger partial charge in [-0.15, -0.1) is 0 Å². The third-order valence-corrected chi connectivity index (χ3v) is 4.17. The number of nitrogens with one attached hydrogen (secondary N) is 1. The van der Waals surface area contributed by atoms with Crippen molar-refractivity contribution in [1.82, 2.24) is 5.32 Å². The SMILES string of the molecule is CC(C)(C)NCc1ccc(N2CCCOCC2)cc1Br. The van der Waals surface area contributed by atoms with Crippen LogP contribution in [0, 0.1) is 0 Å². The summed E-state index contributed by atoms with van der Waals surface area (Å²) in [6.45, 7) is 11.2. The van der Waals surface area contributed by atoms with Gasteiger partial charge in [-0.05, 0) is 44.9 Å². The van der Waals surface area contributed by atoms with E-state index in [-0.39, 0.29) is 5.54 Å². The van der Waals surface area contributed by atoms with Gasteiger partial charge in [0.1, 0.15) is 0 Å². The first-order chi connectivity index (χ1) is 9.46. The van der Waals surface area contributed by atoms with Crippen molar-refractivity contribution < 1.29 is 4.74 Å². The van der Waals surface area contributed by atoms with Crippen LogP contribution in [0.4, 0.5) is 5.69 Å². The van der Waals surface area contributed by atoms with E-state index in [9.17, 15) is 0 Å². The molecule has 1 saturated heterocycles. The summed E-state index contributed by atoms with van der Waals surface area (Å²) in [6.07, 6.45) is 1.10. The van der Waals surface area contributed by atoms with E-state index in [4.69, 9.17) is 4.74 Å². The molecule has 0 aromatic heterocycles. The molecule has 0 saturated carbocycles. The summed E-state index contributed by atoms with van der Waals surface area (Å²) < 4.78 is 6.69. The predicted molar refractivity (Wildman–Crippen MR) is 88.4 cm³/mol. The molecule has 1 aliphatic rings. The van der Waals surface area contributed by atoms with Crippen LogP contribution in [0.5, 0.6) is 0 Å². The lowest BCUT2D eigenvalue weighted by atomic mass is 10.1. The zero-order valence-corrected chi connectivity index (χ0v) is 14.3. The molecular formula is C16H25BrN2O. The smallest absolute Gasteiger partial charge is 0.0641 e. The van der Waals surface area contributed by atoms with E-state index in [1.54, 1.807) is 0 Å². The fraction of sp³-hybridized carbons (Fsp3) is 0.625. The maximum Gasteiger partial charge on any atom is 0.0641 e. The molecule has 1 heterocycles. The molecule has 1 aromatic rings. The maximum atomic E-state index is 5.51. The molecule has 112 valence electrons. The van der Waals surface area contributed by atoms with Gasteiger partial charge in [0.15, 0.2) is 0 Å². The number of hydrogen-bond acceptors (Lipinski definition) is 3. The second-order valence-electron chi connectivity index (χ2n) is 6.33. The Hall–Kier alpha value is -0.580. The second-order valence-corrected chi connectivity index (χ2v) is 7.19. The predicted octanol–water partition coefficient (Wildman–Crippen LogP) is 3.56. The van der Waals surface area contributed by atoms with Gasteiger partial charge in [-0.25, -0.2) is 0 Å². The first-order valence-corrected chi connectivity index (χ1v) is 8.11. The normalized spacial score (nSPS) is 17.1. The van der Waals surface area contributed by atoms with Crippen molar-refractivity contribution in [3.63, 3.8) is 0 Å². The number of hydrogen-bond donors (Lipinski definition) is 1. The van der Waals surface area contributed by atoms with E-state index in [0.29, 0.717) is 0 Å². The van der Waals surface area contributed by atoms with Crippen LogP contribution in [0.3, 0.4) is 0 Å². The molecule has 0 amide bonds. The van der Waals surface area contributed by atoms with Gasteiger partial charge in [0.25, 0.3) is 0 Å². The van der Waals surface area contributed by atoms with Crippen LogP contribution in [0.25, 0.3) is 0 Å². The molecule has 20 heavy (non-hydrogen) atoms. The zero-order valence-electron chi connectivity index (χ0n) is 12.7. The Bertz CT molecular complexity index is 435. The van der Waals surface area contributed by atoms with Gasteiger partial charge in [-0.3, -0.25) is 0 Å². The molecule has 0 aliphatic carbocycles. The van der Waals surface area contributed by atoms with Crippen molar-refractivity contribution >= 4 is 21.6 Å². The minimum absolute atomic E-state index is 0.139. The van der Waals surface area contributed by atoms with E-state index in [2.05, 4.69) is 65.1 Å². The van der Waals surface area contributed by atoms with Crippen molar-refractivity contribution in [2.45, 2.75) is 39.3 Å². The van der Waals surface area contributed by atoms with Gasteiger partial charge < -0.3 is 15.0 Å². The molecule has 1 aliphatic heterocycles. The fourth-order valence-corrected chi connectivity index (χ4v) is 2.75. The standard InChI is InChI=1S/C16H25BrN2O/c1-16(2,3)18-12-13-5-6-14(11-15(13)17)19-7-4-9-20-10-8-19/h5-6,11,18H,4,7-10,12H2,1-3H3. The molecular weight excluding hydrogens is 316 g/mol. The number of anilines is 1. The van der Waals surface area contributed by atoms with Crippen molar-refractivity contribution in [3.05, 3.63) is 28.2 Å². The highest BCUT2D eigenvalue weighted by Crippen LogP contribution is 2.25. The minimum atomic E-state index is 0.139. The molecule has 4 heteroatoms. The quantitative estimate of drug-likeness (QED) is 0.910. The lowest BCUT2D eigenvalue weighted by Gasteiger charge is -2.24. The molecule has 2 rings (SSSR count). The average molecular weight is 341 g/mol.